The van der Waals surface area contributed by atoms with E-state index in [4.69, 9.17) is 27.9 Å². The molecule has 0 fully saturated rings. The summed E-state index contributed by atoms with van der Waals surface area (Å²) in [6.07, 6.45) is 1.97. The van der Waals surface area contributed by atoms with E-state index in [0.717, 1.165) is 22.7 Å². The third kappa shape index (κ3) is 8.18. The summed E-state index contributed by atoms with van der Waals surface area (Å²) in [7, 11) is -2.68. The van der Waals surface area contributed by atoms with Gasteiger partial charge < -0.3 is 15.0 Å². The van der Waals surface area contributed by atoms with Gasteiger partial charge in [0.05, 0.1) is 17.7 Å². The monoisotopic (exact) mass is 633 g/mol. The van der Waals surface area contributed by atoms with Gasteiger partial charge in [0.2, 0.25) is 11.8 Å². The highest BCUT2D eigenvalue weighted by Gasteiger charge is 2.34. The number of methoxy groups -OCH3 is 1. The molecule has 0 saturated carbocycles. The molecular formula is C31H37Cl2N3O5S. The Labute approximate surface area is 258 Å². The molecule has 8 nitrogen and oxygen atoms in total. The summed E-state index contributed by atoms with van der Waals surface area (Å²) >= 11 is 12.9. The van der Waals surface area contributed by atoms with E-state index in [-0.39, 0.29) is 23.0 Å². The summed E-state index contributed by atoms with van der Waals surface area (Å²) in [5.74, 6) is -0.391. The number of ether oxygens (including phenoxy) is 1. The van der Waals surface area contributed by atoms with Crippen molar-refractivity contribution >= 4 is 50.7 Å². The minimum atomic E-state index is -4.19. The fourth-order valence-corrected chi connectivity index (χ4v) is 6.33. The van der Waals surface area contributed by atoms with Crippen LogP contribution < -0.4 is 14.4 Å². The number of hydrogen-bond acceptors (Lipinski definition) is 5. The zero-order valence-corrected chi connectivity index (χ0v) is 26.6. The highest BCUT2D eigenvalue weighted by molar-refractivity contribution is 7.92. The molecule has 3 aromatic rings. The molecule has 1 N–H and O–H groups in total. The van der Waals surface area contributed by atoms with E-state index in [1.54, 1.807) is 61.5 Å². The molecule has 0 radical (unpaired) electrons. The zero-order valence-electron chi connectivity index (χ0n) is 24.3. The van der Waals surface area contributed by atoms with Gasteiger partial charge in [0.25, 0.3) is 10.0 Å². The van der Waals surface area contributed by atoms with E-state index in [1.165, 1.54) is 24.1 Å². The number of anilines is 1. The van der Waals surface area contributed by atoms with E-state index in [9.17, 15) is 18.0 Å². The second-order valence-corrected chi connectivity index (χ2v) is 12.5. The Morgan fingerprint density at radius 3 is 2.12 bits per heavy atom. The minimum absolute atomic E-state index is 0.0294. The number of carbonyl (C=O) groups excluding carboxylic acids is 2. The molecular weight excluding hydrogens is 597 g/mol. The standard InChI is InChI=1S/C31H37Cl2N3O5S/c1-5-7-19-34-31(38)29(6-2)35(20-26-27(32)9-8-10-28(26)33)30(37)21-36(23-13-15-24(41-4)16-14-23)42(39,40)25-17-11-22(3)12-18-25/h8-18,29H,5-7,19-21H2,1-4H3,(H,34,38). The van der Waals surface area contributed by atoms with Crippen LogP contribution >= 0.6 is 23.2 Å². The summed E-state index contributed by atoms with van der Waals surface area (Å²) < 4.78 is 34.2. The first-order chi connectivity index (χ1) is 20.0. The van der Waals surface area contributed by atoms with Gasteiger partial charge in [-0.25, -0.2) is 8.42 Å². The molecule has 0 bridgehead atoms. The van der Waals surface area contributed by atoms with Gasteiger partial charge in [0.15, 0.2) is 0 Å². The van der Waals surface area contributed by atoms with Gasteiger partial charge in [-0.2, -0.15) is 0 Å². The largest absolute Gasteiger partial charge is 0.497 e. The fraction of sp³-hybridized carbons (Fsp3) is 0.355. The van der Waals surface area contributed by atoms with E-state index >= 15 is 0 Å². The van der Waals surface area contributed by atoms with Crippen molar-refractivity contribution in [1.82, 2.24) is 10.2 Å². The van der Waals surface area contributed by atoms with Gasteiger partial charge in [-0.1, -0.05) is 67.2 Å². The lowest BCUT2D eigenvalue weighted by atomic mass is 10.1. The predicted molar refractivity (Wildman–Crippen MR) is 168 cm³/mol. The van der Waals surface area contributed by atoms with Crippen molar-refractivity contribution in [3.05, 3.63) is 87.9 Å². The van der Waals surface area contributed by atoms with Crippen LogP contribution in [0, 0.1) is 6.92 Å². The highest BCUT2D eigenvalue weighted by atomic mass is 35.5. The highest BCUT2D eigenvalue weighted by Crippen LogP contribution is 2.29. The second-order valence-electron chi connectivity index (χ2n) is 9.81. The maximum absolute atomic E-state index is 14.2. The van der Waals surface area contributed by atoms with Gasteiger partial charge in [-0.3, -0.25) is 13.9 Å². The number of sulfonamides is 1. The lowest BCUT2D eigenvalue weighted by molar-refractivity contribution is -0.140. The van der Waals surface area contributed by atoms with Crippen LogP contribution in [0.1, 0.15) is 44.2 Å². The van der Waals surface area contributed by atoms with Crippen molar-refractivity contribution in [2.45, 2.75) is 57.5 Å². The van der Waals surface area contributed by atoms with Gasteiger partial charge in [0.1, 0.15) is 18.3 Å². The van der Waals surface area contributed by atoms with Crippen LogP contribution in [0.2, 0.25) is 10.0 Å². The second kappa shape index (κ2) is 15.3. The van der Waals surface area contributed by atoms with E-state index < -0.39 is 28.5 Å². The van der Waals surface area contributed by atoms with Crippen LogP contribution in [0.4, 0.5) is 5.69 Å². The topological polar surface area (TPSA) is 96.0 Å². The first kappa shape index (κ1) is 33.2. The molecule has 0 spiro atoms. The lowest BCUT2D eigenvalue weighted by Gasteiger charge is -2.33. The predicted octanol–water partition coefficient (Wildman–Crippen LogP) is 6.23. The summed E-state index contributed by atoms with van der Waals surface area (Å²) in [4.78, 5) is 28.9. The van der Waals surface area contributed by atoms with E-state index in [1.807, 2.05) is 13.8 Å². The fourth-order valence-electron chi connectivity index (χ4n) is 4.39. The number of rotatable bonds is 14. The first-order valence-corrected chi connectivity index (χ1v) is 16.0. The Morgan fingerprint density at radius 1 is 0.952 bits per heavy atom. The minimum Gasteiger partial charge on any atom is -0.497 e. The van der Waals surface area contributed by atoms with Crippen molar-refractivity contribution in [1.29, 1.82) is 0 Å². The van der Waals surface area contributed by atoms with Gasteiger partial charge in [-0.15, -0.1) is 0 Å². The van der Waals surface area contributed by atoms with Gasteiger partial charge in [-0.05, 0) is 68.3 Å². The molecule has 0 heterocycles. The Hall–Kier alpha value is -3.27. The van der Waals surface area contributed by atoms with Crippen LogP contribution in [0.5, 0.6) is 5.75 Å². The van der Waals surface area contributed by atoms with Crippen LogP contribution in [0.15, 0.2) is 71.6 Å². The number of hydrogen-bond donors (Lipinski definition) is 1. The summed E-state index contributed by atoms with van der Waals surface area (Å²) in [6.45, 7) is 5.47. The van der Waals surface area contributed by atoms with Crippen molar-refractivity contribution in [3.8, 4) is 5.75 Å². The number of carbonyl (C=O) groups is 2. The molecule has 42 heavy (non-hydrogen) atoms. The Morgan fingerprint density at radius 2 is 1.57 bits per heavy atom. The molecule has 0 aliphatic heterocycles. The van der Waals surface area contributed by atoms with Crippen molar-refractivity contribution in [2.24, 2.45) is 0 Å². The molecule has 3 rings (SSSR count). The van der Waals surface area contributed by atoms with Crippen LogP contribution in [0.25, 0.3) is 0 Å². The van der Waals surface area contributed by atoms with Crippen LogP contribution in [-0.2, 0) is 26.2 Å². The molecule has 11 heteroatoms. The Balaban J connectivity index is 2.08. The summed E-state index contributed by atoms with van der Waals surface area (Å²) in [6, 6.07) is 16.9. The first-order valence-electron chi connectivity index (χ1n) is 13.8. The summed E-state index contributed by atoms with van der Waals surface area (Å²) in [5, 5.41) is 3.57. The van der Waals surface area contributed by atoms with Crippen LogP contribution in [0.3, 0.4) is 0 Å². The molecule has 3 aromatic carbocycles. The molecule has 0 aromatic heterocycles. The molecule has 0 aliphatic carbocycles. The average molecular weight is 635 g/mol. The van der Waals surface area contributed by atoms with E-state index in [2.05, 4.69) is 5.32 Å². The normalized spacial score (nSPS) is 12.0. The number of nitrogens with zero attached hydrogens (tertiary/aromatic N) is 2. The number of halogens is 2. The quantitative estimate of drug-likeness (QED) is 0.212. The lowest BCUT2D eigenvalue weighted by Crippen LogP contribution is -2.52. The number of aryl methyl sites for hydroxylation is 1. The van der Waals surface area contributed by atoms with Crippen molar-refractivity contribution in [2.75, 3.05) is 24.5 Å². The summed E-state index contributed by atoms with van der Waals surface area (Å²) in [5.41, 5.74) is 1.62. The average Bonchev–Trinajstić information content (AvgIpc) is 2.97. The third-order valence-corrected chi connectivity index (χ3v) is 9.35. The molecule has 2 amide bonds. The number of unbranched alkanes of at least 4 members (excludes halogenated alkanes) is 1. The van der Waals surface area contributed by atoms with Gasteiger partial charge in [0, 0.05) is 28.7 Å². The maximum Gasteiger partial charge on any atom is 0.264 e. The van der Waals surface area contributed by atoms with Gasteiger partial charge >= 0.3 is 0 Å². The molecule has 0 aliphatic rings. The van der Waals surface area contributed by atoms with Crippen molar-refractivity contribution < 1.29 is 22.7 Å². The Kier molecular flexibility index (Phi) is 12.1. The number of amides is 2. The van der Waals surface area contributed by atoms with E-state index in [0.29, 0.717) is 34.3 Å². The third-order valence-electron chi connectivity index (χ3n) is 6.85. The molecule has 0 saturated heterocycles. The number of benzene rings is 3. The van der Waals surface area contributed by atoms with Crippen molar-refractivity contribution in [3.63, 3.8) is 0 Å². The molecule has 1 atom stereocenters. The maximum atomic E-state index is 14.2. The SMILES string of the molecule is CCCCNC(=O)C(CC)N(Cc1c(Cl)cccc1Cl)C(=O)CN(c1ccc(OC)cc1)S(=O)(=O)c1ccc(C)cc1. The number of nitrogens with one attached hydrogen (secondary N) is 1. The molecule has 1 unspecified atom stereocenters. The smallest absolute Gasteiger partial charge is 0.264 e. The molecule has 226 valence electrons. The Bertz CT molecular complexity index is 1440. The zero-order chi connectivity index (χ0) is 30.9. The van der Waals surface area contributed by atoms with Crippen LogP contribution in [-0.4, -0.2) is 51.4 Å².